The second kappa shape index (κ2) is 6.47. The lowest BCUT2D eigenvalue weighted by Crippen LogP contribution is -2.38. The van der Waals surface area contributed by atoms with E-state index in [0.29, 0.717) is 12.6 Å². The zero-order chi connectivity index (χ0) is 15.6. The fraction of sp³-hybridized carbons (Fsp3) is 0.533. The second-order valence-electron chi connectivity index (χ2n) is 5.60. The minimum Gasteiger partial charge on any atom is -0.340 e. The molecular formula is C15H19F3N2O. The molecule has 6 heteroatoms. The summed E-state index contributed by atoms with van der Waals surface area (Å²) in [6.07, 6.45) is 2.01. The summed E-state index contributed by atoms with van der Waals surface area (Å²) in [5, 5.41) is 0. The Kier molecular flexibility index (Phi) is 4.88. The van der Waals surface area contributed by atoms with Crippen molar-refractivity contribution in [3.63, 3.8) is 0 Å². The number of nitrogens with two attached hydrogens (primary N) is 1. The number of benzene rings is 1. The van der Waals surface area contributed by atoms with E-state index in [1.807, 2.05) is 6.92 Å². The highest BCUT2D eigenvalue weighted by Gasteiger charge is 2.26. The molecule has 2 N–H and O–H groups in total. The van der Waals surface area contributed by atoms with Crippen LogP contribution in [0.25, 0.3) is 0 Å². The maximum Gasteiger partial charge on any atom is 0.224 e. The van der Waals surface area contributed by atoms with Gasteiger partial charge in [-0.15, -0.1) is 0 Å². The van der Waals surface area contributed by atoms with Gasteiger partial charge in [-0.05, 0) is 37.8 Å². The summed E-state index contributed by atoms with van der Waals surface area (Å²) < 4.78 is 39.5. The second-order valence-corrected chi connectivity index (χ2v) is 5.60. The Morgan fingerprint density at radius 1 is 1.33 bits per heavy atom. The average Bonchev–Trinajstić information content (AvgIpc) is 2.82. The number of likely N-dealkylation sites (tertiary alicyclic amines) is 1. The molecule has 1 aromatic rings. The van der Waals surface area contributed by atoms with Gasteiger partial charge < -0.3 is 10.6 Å². The van der Waals surface area contributed by atoms with Crippen molar-refractivity contribution in [1.29, 1.82) is 0 Å². The molecule has 1 unspecified atom stereocenters. The van der Waals surface area contributed by atoms with Crippen LogP contribution in [-0.4, -0.2) is 29.4 Å². The predicted molar refractivity (Wildman–Crippen MR) is 73.0 cm³/mol. The first kappa shape index (κ1) is 15.8. The molecular weight excluding hydrogens is 281 g/mol. The van der Waals surface area contributed by atoms with Crippen LogP contribution in [0.5, 0.6) is 0 Å². The normalized spacial score (nSPS) is 19.9. The standard InChI is InChI=1S/C15H19F3N2O/c1-9-3-2-4-20(9)15(21)7-11(19)5-10-6-13(17)14(18)8-12(10)16/h6,8-9,11H,2-5,7,19H2,1H3/t9-,11?/m1/s1. The van der Waals surface area contributed by atoms with E-state index in [4.69, 9.17) is 5.73 Å². The largest absolute Gasteiger partial charge is 0.340 e. The van der Waals surface area contributed by atoms with Gasteiger partial charge in [0.05, 0.1) is 0 Å². The van der Waals surface area contributed by atoms with Gasteiger partial charge in [-0.1, -0.05) is 0 Å². The van der Waals surface area contributed by atoms with Crippen LogP contribution in [0.3, 0.4) is 0 Å². The van der Waals surface area contributed by atoms with Gasteiger partial charge in [0.25, 0.3) is 0 Å². The van der Waals surface area contributed by atoms with Crippen LogP contribution in [0.1, 0.15) is 31.7 Å². The van der Waals surface area contributed by atoms with Crippen LogP contribution in [0.2, 0.25) is 0 Å². The van der Waals surface area contributed by atoms with E-state index in [2.05, 4.69) is 0 Å². The molecule has 2 atom stereocenters. The van der Waals surface area contributed by atoms with E-state index in [1.165, 1.54) is 0 Å². The van der Waals surface area contributed by atoms with Gasteiger partial charge in [0, 0.05) is 31.1 Å². The highest BCUT2D eigenvalue weighted by atomic mass is 19.2. The number of carbonyl (C=O) groups excluding carboxylic acids is 1. The minimum absolute atomic E-state index is 0.00298. The fourth-order valence-corrected chi connectivity index (χ4v) is 2.72. The quantitative estimate of drug-likeness (QED) is 0.868. The number of halogens is 3. The van der Waals surface area contributed by atoms with Crippen LogP contribution >= 0.6 is 0 Å². The van der Waals surface area contributed by atoms with Gasteiger partial charge in [0.2, 0.25) is 5.91 Å². The van der Waals surface area contributed by atoms with E-state index in [9.17, 15) is 18.0 Å². The van der Waals surface area contributed by atoms with Crippen LogP contribution in [0.15, 0.2) is 12.1 Å². The molecule has 3 nitrogen and oxygen atoms in total. The van der Waals surface area contributed by atoms with Crippen molar-refractivity contribution in [2.45, 2.75) is 44.7 Å². The molecule has 1 aromatic carbocycles. The minimum atomic E-state index is -1.23. The lowest BCUT2D eigenvalue weighted by atomic mass is 10.0. The Balaban J connectivity index is 1.97. The summed E-state index contributed by atoms with van der Waals surface area (Å²) in [5.41, 5.74) is 5.84. The average molecular weight is 300 g/mol. The molecule has 0 spiro atoms. The van der Waals surface area contributed by atoms with Crippen LogP contribution < -0.4 is 5.73 Å². The van der Waals surface area contributed by atoms with Crippen molar-refractivity contribution in [2.75, 3.05) is 6.54 Å². The number of carbonyl (C=O) groups is 1. The molecule has 1 saturated heterocycles. The van der Waals surface area contributed by atoms with Crippen molar-refractivity contribution < 1.29 is 18.0 Å². The summed E-state index contributed by atoms with van der Waals surface area (Å²) in [6, 6.07) is 0.879. The molecule has 1 heterocycles. The van der Waals surface area contributed by atoms with Crippen molar-refractivity contribution in [2.24, 2.45) is 5.73 Å². The summed E-state index contributed by atoms with van der Waals surface area (Å²) in [6.45, 7) is 2.69. The number of hydrogen-bond donors (Lipinski definition) is 1. The van der Waals surface area contributed by atoms with Gasteiger partial charge in [0.1, 0.15) is 5.82 Å². The Labute approximate surface area is 121 Å². The molecule has 0 radical (unpaired) electrons. The third-order valence-corrected chi connectivity index (χ3v) is 3.88. The topological polar surface area (TPSA) is 46.3 Å². The SMILES string of the molecule is C[C@@H]1CCCN1C(=O)CC(N)Cc1cc(F)c(F)cc1F. The Bertz CT molecular complexity index is 536. The smallest absolute Gasteiger partial charge is 0.224 e. The maximum absolute atomic E-state index is 13.5. The molecule has 0 aliphatic carbocycles. The zero-order valence-corrected chi connectivity index (χ0v) is 11.9. The Morgan fingerprint density at radius 2 is 2.00 bits per heavy atom. The van der Waals surface area contributed by atoms with Gasteiger partial charge >= 0.3 is 0 Å². The molecule has 116 valence electrons. The predicted octanol–water partition coefficient (Wildman–Crippen LogP) is 2.37. The van der Waals surface area contributed by atoms with Crippen LogP contribution in [0, 0.1) is 17.5 Å². The first-order chi connectivity index (χ1) is 9.88. The molecule has 21 heavy (non-hydrogen) atoms. The Morgan fingerprint density at radius 3 is 2.62 bits per heavy atom. The third kappa shape index (κ3) is 3.75. The number of hydrogen-bond acceptors (Lipinski definition) is 2. The van der Waals surface area contributed by atoms with E-state index < -0.39 is 23.5 Å². The van der Waals surface area contributed by atoms with Crippen molar-refractivity contribution in [3.05, 3.63) is 35.1 Å². The summed E-state index contributed by atoms with van der Waals surface area (Å²) in [5.74, 6) is -3.26. The summed E-state index contributed by atoms with van der Waals surface area (Å²) in [4.78, 5) is 13.8. The maximum atomic E-state index is 13.5. The lowest BCUT2D eigenvalue weighted by molar-refractivity contribution is -0.132. The lowest BCUT2D eigenvalue weighted by Gasteiger charge is -2.23. The first-order valence-electron chi connectivity index (χ1n) is 7.07. The van der Waals surface area contributed by atoms with Gasteiger partial charge in [-0.25, -0.2) is 13.2 Å². The monoisotopic (exact) mass is 300 g/mol. The summed E-state index contributed by atoms with van der Waals surface area (Å²) >= 11 is 0. The molecule has 1 fully saturated rings. The van der Waals surface area contributed by atoms with Gasteiger partial charge in [-0.2, -0.15) is 0 Å². The highest BCUT2D eigenvalue weighted by molar-refractivity contribution is 5.77. The fourth-order valence-electron chi connectivity index (χ4n) is 2.72. The molecule has 1 aliphatic rings. The molecule has 1 amide bonds. The van der Waals surface area contributed by atoms with Crippen molar-refractivity contribution in [1.82, 2.24) is 4.90 Å². The van der Waals surface area contributed by atoms with Crippen LogP contribution in [0.4, 0.5) is 13.2 Å². The molecule has 0 saturated carbocycles. The van der Waals surface area contributed by atoms with Crippen molar-refractivity contribution in [3.8, 4) is 0 Å². The summed E-state index contributed by atoms with van der Waals surface area (Å²) in [7, 11) is 0. The van der Waals surface area contributed by atoms with E-state index in [0.717, 1.165) is 18.9 Å². The first-order valence-corrected chi connectivity index (χ1v) is 7.07. The van der Waals surface area contributed by atoms with E-state index >= 15 is 0 Å². The van der Waals surface area contributed by atoms with Gasteiger partial charge in [0.15, 0.2) is 11.6 Å². The number of nitrogens with zero attached hydrogens (tertiary/aromatic N) is 1. The number of rotatable bonds is 4. The highest BCUT2D eigenvalue weighted by Crippen LogP contribution is 2.19. The zero-order valence-electron chi connectivity index (χ0n) is 11.9. The molecule has 1 aliphatic heterocycles. The van der Waals surface area contributed by atoms with E-state index in [-0.39, 0.29) is 30.4 Å². The van der Waals surface area contributed by atoms with Crippen molar-refractivity contribution >= 4 is 5.91 Å². The van der Waals surface area contributed by atoms with E-state index in [1.54, 1.807) is 4.90 Å². The molecule has 0 aromatic heterocycles. The molecule has 0 bridgehead atoms. The van der Waals surface area contributed by atoms with Crippen LogP contribution in [-0.2, 0) is 11.2 Å². The van der Waals surface area contributed by atoms with Gasteiger partial charge in [-0.3, -0.25) is 4.79 Å². The third-order valence-electron chi connectivity index (χ3n) is 3.88. The Hall–Kier alpha value is -1.56. The molecule has 2 rings (SSSR count). The number of amides is 1.